The second kappa shape index (κ2) is 6.53. The van der Waals surface area contributed by atoms with Crippen molar-refractivity contribution in [3.8, 4) is 0 Å². The maximum absolute atomic E-state index is 11.9. The van der Waals surface area contributed by atoms with Crippen LogP contribution >= 0.6 is 0 Å². The number of hydrogen-bond acceptors (Lipinski definition) is 2. The van der Waals surface area contributed by atoms with Crippen molar-refractivity contribution < 1.29 is 4.79 Å². The molecule has 0 heterocycles. The van der Waals surface area contributed by atoms with E-state index in [0.717, 1.165) is 19.1 Å². The highest BCUT2D eigenvalue weighted by atomic mass is 16.1. The van der Waals surface area contributed by atoms with Crippen LogP contribution in [-0.2, 0) is 4.79 Å². The first-order valence-corrected chi connectivity index (χ1v) is 7.22. The molecule has 1 saturated carbocycles. The van der Waals surface area contributed by atoms with Crippen LogP contribution in [0.4, 0.5) is 0 Å². The van der Waals surface area contributed by atoms with Gasteiger partial charge in [0.05, 0.1) is 0 Å². The maximum Gasteiger partial charge on any atom is 0.139 e. The maximum atomic E-state index is 11.9. The number of hydrogen-bond donors (Lipinski definition) is 0. The van der Waals surface area contributed by atoms with Gasteiger partial charge in [-0.2, -0.15) is 0 Å². The molecule has 2 heteroatoms. The van der Waals surface area contributed by atoms with Crippen LogP contribution in [0.25, 0.3) is 0 Å². The van der Waals surface area contributed by atoms with E-state index < -0.39 is 0 Å². The molecule has 2 nitrogen and oxygen atoms in total. The van der Waals surface area contributed by atoms with E-state index in [2.05, 4.69) is 11.8 Å². The molecule has 0 radical (unpaired) electrons. The Kier molecular flexibility index (Phi) is 5.64. The molecule has 1 rings (SSSR count). The Morgan fingerprint density at radius 2 is 1.76 bits per heavy atom. The van der Waals surface area contributed by atoms with Crippen molar-refractivity contribution in [2.75, 3.05) is 13.1 Å². The molecule has 17 heavy (non-hydrogen) atoms. The zero-order valence-corrected chi connectivity index (χ0v) is 12.1. The van der Waals surface area contributed by atoms with Gasteiger partial charge in [0.1, 0.15) is 5.78 Å². The summed E-state index contributed by atoms with van der Waals surface area (Å²) in [5.41, 5.74) is -0.175. The van der Waals surface area contributed by atoms with E-state index in [4.69, 9.17) is 0 Å². The molecule has 1 aliphatic carbocycles. The Labute approximate surface area is 107 Å². The van der Waals surface area contributed by atoms with Gasteiger partial charge in [0, 0.05) is 24.4 Å². The molecule has 0 aromatic carbocycles. The van der Waals surface area contributed by atoms with Gasteiger partial charge in [-0.05, 0) is 19.4 Å². The molecule has 0 atom stereocenters. The van der Waals surface area contributed by atoms with E-state index in [1.807, 2.05) is 20.8 Å². The van der Waals surface area contributed by atoms with Crippen molar-refractivity contribution in [3.63, 3.8) is 0 Å². The van der Waals surface area contributed by atoms with Gasteiger partial charge in [0.2, 0.25) is 0 Å². The van der Waals surface area contributed by atoms with Gasteiger partial charge in [0.15, 0.2) is 0 Å². The lowest BCUT2D eigenvalue weighted by molar-refractivity contribution is -0.126. The quantitative estimate of drug-likeness (QED) is 0.730. The van der Waals surface area contributed by atoms with Crippen LogP contribution in [0.15, 0.2) is 0 Å². The largest absolute Gasteiger partial charge is 0.300 e. The van der Waals surface area contributed by atoms with Crippen molar-refractivity contribution in [1.82, 2.24) is 4.90 Å². The van der Waals surface area contributed by atoms with Gasteiger partial charge in [-0.3, -0.25) is 4.79 Å². The number of nitrogens with zero attached hydrogens (tertiary/aromatic N) is 1. The van der Waals surface area contributed by atoms with Crippen LogP contribution in [0.3, 0.4) is 0 Å². The van der Waals surface area contributed by atoms with Gasteiger partial charge >= 0.3 is 0 Å². The minimum Gasteiger partial charge on any atom is -0.300 e. The third-order valence-electron chi connectivity index (χ3n) is 3.96. The third-order valence-corrected chi connectivity index (χ3v) is 3.96. The Balaban J connectivity index is 2.39. The first-order chi connectivity index (χ1) is 7.95. The van der Waals surface area contributed by atoms with Crippen molar-refractivity contribution in [2.45, 2.75) is 72.3 Å². The van der Waals surface area contributed by atoms with Crippen LogP contribution in [0.2, 0.25) is 0 Å². The van der Waals surface area contributed by atoms with Crippen molar-refractivity contribution >= 4 is 5.78 Å². The smallest absolute Gasteiger partial charge is 0.139 e. The minimum absolute atomic E-state index is 0.175. The Bertz CT molecular complexity index is 236. The first kappa shape index (κ1) is 14.7. The average Bonchev–Trinajstić information content (AvgIpc) is 2.29. The highest BCUT2D eigenvalue weighted by Gasteiger charge is 2.24. The summed E-state index contributed by atoms with van der Waals surface area (Å²) in [6, 6.07) is 0.738. The van der Waals surface area contributed by atoms with Gasteiger partial charge < -0.3 is 4.90 Å². The molecular weight excluding hydrogens is 210 g/mol. The molecule has 1 fully saturated rings. The van der Waals surface area contributed by atoms with E-state index in [1.165, 1.54) is 32.1 Å². The molecule has 100 valence electrons. The second-order valence-electron chi connectivity index (χ2n) is 6.34. The first-order valence-electron chi connectivity index (χ1n) is 7.22. The number of rotatable bonds is 5. The van der Waals surface area contributed by atoms with Gasteiger partial charge in [-0.25, -0.2) is 0 Å². The van der Waals surface area contributed by atoms with E-state index >= 15 is 0 Å². The molecule has 0 unspecified atom stereocenters. The fourth-order valence-corrected chi connectivity index (χ4v) is 2.67. The van der Waals surface area contributed by atoms with Crippen molar-refractivity contribution in [1.29, 1.82) is 0 Å². The summed E-state index contributed by atoms with van der Waals surface area (Å²) in [6.45, 7) is 10.3. The molecular formula is C15H29NO. The molecule has 0 aromatic rings. The van der Waals surface area contributed by atoms with Crippen LogP contribution in [0.5, 0.6) is 0 Å². The fourth-order valence-electron chi connectivity index (χ4n) is 2.67. The van der Waals surface area contributed by atoms with Crippen molar-refractivity contribution in [3.05, 3.63) is 0 Å². The summed E-state index contributed by atoms with van der Waals surface area (Å²) < 4.78 is 0. The second-order valence-corrected chi connectivity index (χ2v) is 6.34. The van der Waals surface area contributed by atoms with Crippen molar-refractivity contribution in [2.24, 2.45) is 5.41 Å². The van der Waals surface area contributed by atoms with Crippen LogP contribution < -0.4 is 0 Å². The Hall–Kier alpha value is -0.370. The zero-order valence-electron chi connectivity index (χ0n) is 12.1. The van der Waals surface area contributed by atoms with E-state index in [9.17, 15) is 4.79 Å². The predicted molar refractivity (Wildman–Crippen MR) is 73.2 cm³/mol. The highest BCUT2D eigenvalue weighted by Crippen LogP contribution is 2.23. The summed E-state index contributed by atoms with van der Waals surface area (Å²) in [7, 11) is 0. The summed E-state index contributed by atoms with van der Waals surface area (Å²) in [5.74, 6) is 0.395. The van der Waals surface area contributed by atoms with E-state index in [0.29, 0.717) is 12.2 Å². The zero-order chi connectivity index (χ0) is 12.9. The molecule has 0 amide bonds. The lowest BCUT2D eigenvalue weighted by Gasteiger charge is -2.33. The van der Waals surface area contributed by atoms with Crippen LogP contribution in [0, 0.1) is 5.41 Å². The third kappa shape index (κ3) is 4.79. The van der Waals surface area contributed by atoms with Crippen LogP contribution in [-0.4, -0.2) is 29.8 Å². The number of carbonyl (C=O) groups excluding carboxylic acids is 1. The summed E-state index contributed by atoms with van der Waals surface area (Å²) in [6.07, 6.45) is 7.51. The monoisotopic (exact) mass is 239 g/mol. The van der Waals surface area contributed by atoms with E-state index in [-0.39, 0.29) is 5.41 Å². The van der Waals surface area contributed by atoms with Gasteiger partial charge in [0.25, 0.3) is 0 Å². The summed E-state index contributed by atoms with van der Waals surface area (Å²) in [5, 5.41) is 0. The Morgan fingerprint density at radius 3 is 2.24 bits per heavy atom. The predicted octanol–water partition coefficient (Wildman–Crippen LogP) is 3.65. The summed E-state index contributed by atoms with van der Waals surface area (Å²) >= 11 is 0. The normalized spacial score (nSPS) is 18.6. The molecule has 0 aromatic heterocycles. The molecule has 0 saturated heterocycles. The minimum atomic E-state index is -0.175. The number of Topliss-reactive ketones (excluding diaryl/α,β-unsaturated/α-hetero) is 1. The van der Waals surface area contributed by atoms with E-state index in [1.54, 1.807) is 0 Å². The molecule has 1 aliphatic rings. The molecule has 0 N–H and O–H groups in total. The molecule has 0 spiro atoms. The van der Waals surface area contributed by atoms with Crippen LogP contribution in [0.1, 0.15) is 66.2 Å². The number of ketones is 1. The molecule has 0 bridgehead atoms. The topological polar surface area (TPSA) is 20.3 Å². The lowest BCUT2D eigenvalue weighted by Crippen LogP contribution is -2.39. The highest BCUT2D eigenvalue weighted by molar-refractivity contribution is 5.83. The summed E-state index contributed by atoms with van der Waals surface area (Å²) in [4.78, 5) is 14.5. The fraction of sp³-hybridized carbons (Fsp3) is 0.933. The SMILES string of the molecule is CCN(CCC(=O)C(C)(C)C)C1CCCCC1. The standard InChI is InChI=1S/C15H29NO/c1-5-16(13-9-7-6-8-10-13)12-11-14(17)15(2,3)4/h13H,5-12H2,1-4H3. The average molecular weight is 239 g/mol. The molecule has 0 aliphatic heterocycles. The Morgan fingerprint density at radius 1 is 1.18 bits per heavy atom. The number of carbonyl (C=O) groups is 1. The lowest BCUT2D eigenvalue weighted by atomic mass is 9.88. The van der Waals surface area contributed by atoms with Gasteiger partial charge in [-0.1, -0.05) is 47.0 Å². The van der Waals surface area contributed by atoms with Gasteiger partial charge in [-0.15, -0.1) is 0 Å².